The molecule has 0 bridgehead atoms. The molecule has 7 aromatic rings. The van der Waals surface area contributed by atoms with Crippen molar-refractivity contribution in [2.24, 2.45) is 14.1 Å². The third-order valence-electron chi connectivity index (χ3n) is 8.74. The second kappa shape index (κ2) is 13.2. The zero-order chi connectivity index (χ0) is 35.1. The summed E-state index contributed by atoms with van der Waals surface area (Å²) in [6.45, 7) is 9.70. The lowest BCUT2D eigenvalue weighted by Gasteiger charge is -2.17. The summed E-state index contributed by atoms with van der Waals surface area (Å²) in [5, 5.41) is 20.0. The Morgan fingerprint density at radius 3 is 1.71 bits per heavy atom. The average Bonchev–Trinajstić information content (AvgIpc) is 3.70. The maximum atomic E-state index is 11.8. The van der Waals surface area contributed by atoms with Gasteiger partial charge < -0.3 is 5.11 Å². The third-order valence-corrected chi connectivity index (χ3v) is 9.96. The molecule has 7 rings (SSSR count). The van der Waals surface area contributed by atoms with E-state index in [-0.39, 0.29) is 11.5 Å². The summed E-state index contributed by atoms with van der Waals surface area (Å²) < 4.78 is 4.62. The van der Waals surface area contributed by atoms with E-state index in [1.54, 1.807) is 42.5 Å². The molecule has 246 valence electrons. The quantitative estimate of drug-likeness (QED) is 0.177. The molecule has 0 saturated heterocycles. The topological polar surface area (TPSA) is 129 Å². The SMILES string of the molecule is CC(=O)c1cc(-c2ccnn2C)c2c(C)c(Br)c(C)cc2n1.Cc1cc2nc(C(=O)O)cc(-c3ccnn3C)c2c(C)c1-c1ccncc1. The number of aryl methyl sites for hydroxylation is 6. The van der Waals surface area contributed by atoms with Crippen molar-refractivity contribution in [2.45, 2.75) is 34.6 Å². The lowest BCUT2D eigenvalue weighted by atomic mass is 9.90. The van der Waals surface area contributed by atoms with Crippen LogP contribution in [0.1, 0.15) is 50.2 Å². The van der Waals surface area contributed by atoms with Gasteiger partial charge in [0.05, 0.1) is 22.4 Å². The van der Waals surface area contributed by atoms with E-state index in [0.717, 1.165) is 76.7 Å². The first kappa shape index (κ1) is 33.4. The average molecular weight is 717 g/mol. The molecule has 10 nitrogen and oxygen atoms in total. The van der Waals surface area contributed by atoms with Crippen molar-refractivity contribution >= 4 is 49.5 Å². The fraction of sp³-hybridized carbons (Fsp3) is 0.184. The Morgan fingerprint density at radius 2 is 1.20 bits per heavy atom. The first-order valence-corrected chi connectivity index (χ1v) is 16.3. The van der Waals surface area contributed by atoms with Crippen LogP contribution in [0.3, 0.4) is 0 Å². The summed E-state index contributed by atoms with van der Waals surface area (Å²) >= 11 is 3.65. The number of carbonyl (C=O) groups is 2. The van der Waals surface area contributed by atoms with Crippen LogP contribution < -0.4 is 0 Å². The summed E-state index contributed by atoms with van der Waals surface area (Å²) in [5.41, 5.74) is 12.1. The minimum Gasteiger partial charge on any atom is -0.477 e. The van der Waals surface area contributed by atoms with E-state index in [4.69, 9.17) is 0 Å². The van der Waals surface area contributed by atoms with Gasteiger partial charge in [0.15, 0.2) is 5.78 Å². The van der Waals surface area contributed by atoms with E-state index >= 15 is 0 Å². The van der Waals surface area contributed by atoms with Crippen LogP contribution in [-0.4, -0.2) is 51.4 Å². The Bertz CT molecular complexity index is 2430. The van der Waals surface area contributed by atoms with Gasteiger partial charge in [0.2, 0.25) is 0 Å². The maximum absolute atomic E-state index is 11.8. The highest BCUT2D eigenvalue weighted by Gasteiger charge is 2.20. The van der Waals surface area contributed by atoms with Crippen LogP contribution >= 0.6 is 15.9 Å². The molecule has 49 heavy (non-hydrogen) atoms. The van der Waals surface area contributed by atoms with Crippen molar-refractivity contribution in [2.75, 3.05) is 0 Å². The van der Waals surface area contributed by atoms with E-state index in [1.807, 2.05) is 82.0 Å². The molecule has 0 aliphatic rings. The fourth-order valence-corrected chi connectivity index (χ4v) is 6.74. The van der Waals surface area contributed by atoms with E-state index in [1.165, 1.54) is 0 Å². The van der Waals surface area contributed by atoms with Gasteiger partial charge in [-0.05, 0) is 110 Å². The minimum atomic E-state index is -1.05. The fourth-order valence-electron chi connectivity index (χ4n) is 6.43. The van der Waals surface area contributed by atoms with Crippen LogP contribution in [0.2, 0.25) is 0 Å². The summed E-state index contributed by atoms with van der Waals surface area (Å²) in [7, 11) is 3.74. The number of fused-ring (bicyclic) bond motifs is 2. The van der Waals surface area contributed by atoms with Crippen LogP contribution in [0, 0.1) is 27.7 Å². The molecule has 1 N–H and O–H groups in total. The maximum Gasteiger partial charge on any atom is 0.354 e. The Labute approximate surface area is 291 Å². The molecular formula is C38H34BrN7O3. The number of hydrogen-bond acceptors (Lipinski definition) is 7. The smallest absolute Gasteiger partial charge is 0.354 e. The largest absolute Gasteiger partial charge is 0.477 e. The Kier molecular flexibility index (Phi) is 8.96. The van der Waals surface area contributed by atoms with Crippen molar-refractivity contribution in [3.63, 3.8) is 0 Å². The number of nitrogens with zero attached hydrogens (tertiary/aromatic N) is 7. The van der Waals surface area contributed by atoms with Crippen LogP contribution in [0.25, 0.3) is 55.4 Å². The Hall–Kier alpha value is -5.55. The molecule has 0 atom stereocenters. The number of pyridine rings is 3. The number of Topliss-reactive ketones (excluding diaryl/α,β-unsaturated/α-hetero) is 1. The molecule has 5 aromatic heterocycles. The van der Waals surface area contributed by atoms with E-state index in [9.17, 15) is 14.7 Å². The third kappa shape index (κ3) is 6.13. The van der Waals surface area contributed by atoms with Gasteiger partial charge in [-0.2, -0.15) is 10.2 Å². The van der Waals surface area contributed by atoms with E-state index in [0.29, 0.717) is 11.2 Å². The standard InChI is InChI=1S/C21H18N4O2.C17H16BrN3O/c1-12-10-16-20(13(2)19(12)14-4-7-22-8-5-14)15(11-17(24-16)21(26)27)18-6-9-23-25(18)3;1-9-7-14-16(10(2)17(9)18)12(8-13(20-14)11(3)22)15-5-6-19-21(15)4/h4-11H,1-3H3,(H,26,27);5-8H,1-4H3. The molecule has 5 heterocycles. The van der Waals surface area contributed by atoms with Crippen LogP contribution in [0.4, 0.5) is 0 Å². The highest BCUT2D eigenvalue weighted by molar-refractivity contribution is 9.10. The minimum absolute atomic E-state index is 0.0224. The van der Waals surface area contributed by atoms with Crippen molar-refractivity contribution in [3.8, 4) is 33.6 Å². The molecule has 0 amide bonds. The second-order valence-electron chi connectivity index (χ2n) is 12.0. The number of carboxylic acids is 1. The highest BCUT2D eigenvalue weighted by Crippen LogP contribution is 2.38. The van der Waals surface area contributed by atoms with Gasteiger partial charge in [0.1, 0.15) is 11.4 Å². The number of carboxylic acid groups (broad SMARTS) is 1. The molecule has 0 unspecified atom stereocenters. The summed E-state index contributed by atoms with van der Waals surface area (Å²) in [6, 6.07) is 15.2. The molecule has 0 aliphatic heterocycles. The van der Waals surface area contributed by atoms with Gasteiger partial charge in [0.25, 0.3) is 0 Å². The van der Waals surface area contributed by atoms with Gasteiger partial charge in [-0.1, -0.05) is 15.9 Å². The molecule has 11 heteroatoms. The number of aromatic carboxylic acids is 1. The molecule has 0 spiro atoms. The summed E-state index contributed by atoms with van der Waals surface area (Å²) in [6.07, 6.45) is 7.00. The molecule has 0 fully saturated rings. The van der Waals surface area contributed by atoms with E-state index < -0.39 is 5.97 Å². The van der Waals surface area contributed by atoms with Gasteiger partial charge in [-0.25, -0.2) is 14.8 Å². The number of benzene rings is 2. The molecule has 0 saturated carbocycles. The van der Waals surface area contributed by atoms with Gasteiger partial charge in [0, 0.05) is 72.2 Å². The monoisotopic (exact) mass is 715 g/mol. The Balaban J connectivity index is 0.000000174. The first-order chi connectivity index (χ1) is 23.4. The van der Waals surface area contributed by atoms with Crippen molar-refractivity contribution in [3.05, 3.63) is 111 Å². The second-order valence-corrected chi connectivity index (χ2v) is 12.8. The van der Waals surface area contributed by atoms with Crippen molar-refractivity contribution in [1.29, 1.82) is 0 Å². The molecular weight excluding hydrogens is 682 g/mol. The molecule has 2 aromatic carbocycles. The zero-order valence-electron chi connectivity index (χ0n) is 28.2. The number of ketones is 1. The number of carbonyl (C=O) groups excluding carboxylic acids is 1. The Morgan fingerprint density at radius 1 is 0.694 bits per heavy atom. The summed E-state index contributed by atoms with van der Waals surface area (Å²) in [4.78, 5) is 36.5. The van der Waals surface area contributed by atoms with Crippen molar-refractivity contribution < 1.29 is 14.7 Å². The molecule has 0 radical (unpaired) electrons. The zero-order valence-corrected chi connectivity index (χ0v) is 29.8. The van der Waals surface area contributed by atoms with Crippen LogP contribution in [0.5, 0.6) is 0 Å². The van der Waals surface area contributed by atoms with Gasteiger partial charge in [-0.3, -0.25) is 19.1 Å². The predicted molar refractivity (Wildman–Crippen MR) is 195 cm³/mol. The molecule has 0 aliphatic carbocycles. The number of halogens is 1. The highest BCUT2D eigenvalue weighted by atomic mass is 79.9. The van der Waals surface area contributed by atoms with Crippen molar-refractivity contribution in [1.82, 2.24) is 34.5 Å². The predicted octanol–water partition coefficient (Wildman–Crippen LogP) is 8.23. The number of aromatic nitrogens is 7. The normalized spacial score (nSPS) is 11.1. The van der Waals surface area contributed by atoms with Crippen LogP contribution in [0.15, 0.2) is 77.8 Å². The lowest BCUT2D eigenvalue weighted by Crippen LogP contribution is -2.04. The van der Waals surface area contributed by atoms with E-state index in [2.05, 4.69) is 48.0 Å². The first-order valence-electron chi connectivity index (χ1n) is 15.5. The number of rotatable bonds is 5. The summed E-state index contributed by atoms with van der Waals surface area (Å²) in [5.74, 6) is -1.09. The number of hydrogen-bond donors (Lipinski definition) is 1. The van der Waals surface area contributed by atoms with Crippen LogP contribution in [-0.2, 0) is 14.1 Å². The van der Waals surface area contributed by atoms with Gasteiger partial charge in [-0.15, -0.1) is 0 Å². The lowest BCUT2D eigenvalue weighted by molar-refractivity contribution is 0.0690. The van der Waals surface area contributed by atoms with Gasteiger partial charge >= 0.3 is 5.97 Å².